The number of rotatable bonds is 12. The van der Waals surface area contributed by atoms with Gasteiger partial charge in [0, 0.05) is 24.9 Å². The Kier molecular flexibility index (Phi) is 9.60. The van der Waals surface area contributed by atoms with Crippen molar-refractivity contribution in [3.8, 4) is 11.1 Å². The van der Waals surface area contributed by atoms with Crippen molar-refractivity contribution in [2.45, 2.75) is 51.1 Å². The average Bonchev–Trinajstić information content (AvgIpc) is 3.16. The minimum absolute atomic E-state index is 0.00815. The van der Waals surface area contributed by atoms with Crippen molar-refractivity contribution in [1.29, 1.82) is 0 Å². The van der Waals surface area contributed by atoms with Crippen LogP contribution in [0.4, 0.5) is 4.79 Å². The predicted molar refractivity (Wildman–Crippen MR) is 139 cm³/mol. The summed E-state index contributed by atoms with van der Waals surface area (Å²) in [4.78, 5) is 38.6. The fourth-order valence-electron chi connectivity index (χ4n) is 4.50. The molecule has 0 saturated heterocycles. The summed E-state index contributed by atoms with van der Waals surface area (Å²) in [7, 11) is 0. The molecular formula is C27H34N2O5S. The molecule has 8 heteroatoms. The van der Waals surface area contributed by atoms with Crippen LogP contribution in [0.1, 0.15) is 50.2 Å². The van der Waals surface area contributed by atoms with Crippen molar-refractivity contribution in [1.82, 2.24) is 10.2 Å². The molecule has 0 fully saturated rings. The molecule has 0 saturated carbocycles. The fourth-order valence-corrected chi connectivity index (χ4v) is 4.97. The SMILES string of the molecule is CSCC[C@H](NC(=O)OCC1c2ccccc2-c2ccccc21)C(=O)N(CCCC(=O)O)C(C)C. The molecule has 0 heterocycles. The molecule has 2 N–H and O–H groups in total. The molecule has 0 radical (unpaired) electrons. The van der Waals surface area contributed by atoms with Crippen LogP contribution >= 0.6 is 11.8 Å². The zero-order valence-corrected chi connectivity index (χ0v) is 21.3. The summed E-state index contributed by atoms with van der Waals surface area (Å²) in [5.41, 5.74) is 4.56. The van der Waals surface area contributed by atoms with Crippen LogP contribution in [0.25, 0.3) is 11.1 Å². The molecule has 188 valence electrons. The largest absolute Gasteiger partial charge is 0.481 e. The highest BCUT2D eigenvalue weighted by atomic mass is 32.2. The maximum Gasteiger partial charge on any atom is 0.407 e. The summed E-state index contributed by atoms with van der Waals surface area (Å²) in [5, 5.41) is 11.7. The number of ether oxygens (including phenoxy) is 1. The molecule has 35 heavy (non-hydrogen) atoms. The number of carbonyl (C=O) groups excluding carboxylic acids is 2. The van der Waals surface area contributed by atoms with Crippen LogP contribution < -0.4 is 5.32 Å². The number of carboxylic acid groups (broad SMARTS) is 1. The predicted octanol–water partition coefficient (Wildman–Crippen LogP) is 4.75. The molecule has 1 aliphatic rings. The van der Waals surface area contributed by atoms with Crippen LogP contribution in [0.5, 0.6) is 0 Å². The van der Waals surface area contributed by atoms with Crippen LogP contribution in [0.2, 0.25) is 0 Å². The van der Waals surface area contributed by atoms with Gasteiger partial charge in [0.1, 0.15) is 12.6 Å². The molecule has 0 spiro atoms. The molecule has 0 bridgehead atoms. The van der Waals surface area contributed by atoms with Gasteiger partial charge in [-0.1, -0.05) is 48.5 Å². The van der Waals surface area contributed by atoms with Crippen LogP contribution in [0.15, 0.2) is 48.5 Å². The van der Waals surface area contributed by atoms with E-state index >= 15 is 0 Å². The Hall–Kier alpha value is -3.00. The van der Waals surface area contributed by atoms with E-state index in [0.29, 0.717) is 25.1 Å². The summed E-state index contributed by atoms with van der Waals surface area (Å²) in [6.07, 6.45) is 2.14. The summed E-state index contributed by atoms with van der Waals surface area (Å²) in [6.45, 7) is 4.27. The number of thioether (sulfide) groups is 1. The Bertz CT molecular complexity index is 996. The van der Waals surface area contributed by atoms with Crippen LogP contribution in [0, 0.1) is 0 Å². The lowest BCUT2D eigenvalue weighted by molar-refractivity contribution is -0.139. The lowest BCUT2D eigenvalue weighted by Crippen LogP contribution is -2.51. The summed E-state index contributed by atoms with van der Waals surface area (Å²) in [5.74, 6) is -0.470. The van der Waals surface area contributed by atoms with E-state index in [1.54, 1.807) is 16.7 Å². The number of carboxylic acids is 1. The third-order valence-corrected chi connectivity index (χ3v) is 6.88. The minimum atomic E-state index is -0.892. The zero-order valence-electron chi connectivity index (χ0n) is 20.5. The third kappa shape index (κ3) is 6.78. The number of hydrogen-bond acceptors (Lipinski definition) is 5. The van der Waals surface area contributed by atoms with E-state index < -0.39 is 18.1 Å². The van der Waals surface area contributed by atoms with Crippen molar-refractivity contribution >= 4 is 29.7 Å². The van der Waals surface area contributed by atoms with Gasteiger partial charge in [0.2, 0.25) is 5.91 Å². The second kappa shape index (κ2) is 12.6. The highest BCUT2D eigenvalue weighted by Gasteiger charge is 2.31. The number of benzene rings is 2. The number of amides is 2. The molecule has 7 nitrogen and oxygen atoms in total. The van der Waals surface area contributed by atoms with Crippen molar-refractivity contribution in [3.05, 3.63) is 59.7 Å². The Labute approximate surface area is 211 Å². The molecule has 3 rings (SSSR count). The summed E-state index contributed by atoms with van der Waals surface area (Å²) >= 11 is 1.59. The van der Waals surface area contributed by atoms with E-state index in [9.17, 15) is 14.4 Å². The molecule has 0 aromatic heterocycles. The number of fused-ring (bicyclic) bond motifs is 3. The Morgan fingerprint density at radius 1 is 1.06 bits per heavy atom. The lowest BCUT2D eigenvalue weighted by Gasteiger charge is -2.31. The van der Waals surface area contributed by atoms with Crippen molar-refractivity contribution in [2.24, 2.45) is 0 Å². The van der Waals surface area contributed by atoms with Gasteiger partial charge >= 0.3 is 12.1 Å². The first-order valence-corrected chi connectivity index (χ1v) is 13.4. The molecule has 2 aromatic carbocycles. The number of alkyl carbamates (subject to hydrolysis) is 1. The van der Waals surface area contributed by atoms with Gasteiger partial charge in [-0.25, -0.2) is 4.79 Å². The summed E-state index contributed by atoms with van der Waals surface area (Å²) in [6, 6.07) is 15.4. The van der Waals surface area contributed by atoms with Gasteiger partial charge in [-0.05, 0) is 61.0 Å². The molecule has 1 aliphatic carbocycles. The topological polar surface area (TPSA) is 95.9 Å². The van der Waals surface area contributed by atoms with Gasteiger partial charge in [-0.2, -0.15) is 11.8 Å². The van der Waals surface area contributed by atoms with Gasteiger partial charge in [-0.15, -0.1) is 0 Å². The molecule has 1 atom stereocenters. The van der Waals surface area contributed by atoms with Gasteiger partial charge < -0.3 is 20.1 Å². The van der Waals surface area contributed by atoms with E-state index in [0.717, 1.165) is 22.3 Å². The van der Waals surface area contributed by atoms with Gasteiger partial charge in [0.15, 0.2) is 0 Å². The first kappa shape index (κ1) is 26.6. The Balaban J connectivity index is 1.66. The lowest BCUT2D eigenvalue weighted by atomic mass is 9.98. The second-order valence-electron chi connectivity index (χ2n) is 8.93. The van der Waals surface area contributed by atoms with Crippen molar-refractivity contribution < 1.29 is 24.2 Å². The smallest absolute Gasteiger partial charge is 0.407 e. The van der Waals surface area contributed by atoms with Crippen LogP contribution in [-0.4, -0.2) is 65.2 Å². The normalized spacial score (nSPS) is 13.1. The number of aliphatic carboxylic acids is 1. The van der Waals surface area contributed by atoms with E-state index in [1.807, 2.05) is 44.4 Å². The number of nitrogens with zero attached hydrogens (tertiary/aromatic N) is 1. The number of carbonyl (C=O) groups is 3. The van der Waals surface area contributed by atoms with Crippen LogP contribution in [0.3, 0.4) is 0 Å². The van der Waals surface area contributed by atoms with Gasteiger partial charge in [0.25, 0.3) is 0 Å². The van der Waals surface area contributed by atoms with Crippen molar-refractivity contribution in [2.75, 3.05) is 25.2 Å². The second-order valence-corrected chi connectivity index (χ2v) is 9.91. The molecule has 2 aromatic rings. The first-order valence-electron chi connectivity index (χ1n) is 12.0. The molecule has 0 aliphatic heterocycles. The number of hydrogen-bond donors (Lipinski definition) is 2. The summed E-state index contributed by atoms with van der Waals surface area (Å²) < 4.78 is 5.65. The molecule has 0 unspecified atom stereocenters. The molecular weight excluding hydrogens is 464 g/mol. The van der Waals surface area contributed by atoms with E-state index in [4.69, 9.17) is 9.84 Å². The van der Waals surface area contributed by atoms with Crippen LogP contribution in [-0.2, 0) is 14.3 Å². The Morgan fingerprint density at radius 2 is 1.66 bits per heavy atom. The minimum Gasteiger partial charge on any atom is -0.481 e. The Morgan fingerprint density at radius 3 is 2.20 bits per heavy atom. The maximum absolute atomic E-state index is 13.3. The third-order valence-electron chi connectivity index (χ3n) is 6.24. The maximum atomic E-state index is 13.3. The average molecular weight is 499 g/mol. The number of nitrogens with one attached hydrogen (secondary N) is 1. The standard InChI is InChI=1S/C27H34N2O5S/c1-18(2)29(15-8-13-25(30)31)26(32)24(14-16-35-3)28-27(33)34-17-23-21-11-6-4-9-19(21)20-10-5-7-12-22(20)23/h4-7,9-12,18,23-24H,8,13-17H2,1-3H3,(H,28,33)(H,30,31)/t24-/m0/s1. The zero-order chi connectivity index (χ0) is 25.4. The quantitative estimate of drug-likeness (QED) is 0.439. The molecule has 2 amide bonds. The van der Waals surface area contributed by atoms with E-state index in [-0.39, 0.29) is 30.9 Å². The highest BCUT2D eigenvalue weighted by molar-refractivity contribution is 7.98. The van der Waals surface area contributed by atoms with Crippen molar-refractivity contribution in [3.63, 3.8) is 0 Å². The first-order chi connectivity index (χ1) is 16.8. The van der Waals surface area contributed by atoms with E-state index in [1.165, 1.54) is 0 Å². The fraction of sp³-hybridized carbons (Fsp3) is 0.444. The highest BCUT2D eigenvalue weighted by Crippen LogP contribution is 2.44. The van der Waals surface area contributed by atoms with E-state index in [2.05, 4.69) is 29.6 Å². The monoisotopic (exact) mass is 498 g/mol. The van der Waals surface area contributed by atoms with Gasteiger partial charge in [0.05, 0.1) is 0 Å². The van der Waals surface area contributed by atoms with Gasteiger partial charge in [-0.3, -0.25) is 9.59 Å².